The van der Waals surface area contributed by atoms with Gasteiger partial charge in [-0.05, 0) is 32.8 Å². The first-order chi connectivity index (χ1) is 13.8. The highest BCUT2D eigenvalue weighted by Gasteiger charge is 2.36. The highest BCUT2D eigenvalue weighted by molar-refractivity contribution is 6.29. The third kappa shape index (κ3) is 4.92. The maximum Gasteiger partial charge on any atom is 0.408 e. The number of rotatable bonds is 5. The van der Waals surface area contributed by atoms with Crippen molar-refractivity contribution in [3.8, 4) is 11.5 Å². The van der Waals surface area contributed by atoms with Gasteiger partial charge in [0, 0.05) is 10.1 Å². The van der Waals surface area contributed by atoms with Crippen molar-refractivity contribution in [2.24, 2.45) is 0 Å². The normalized spacial score (nSPS) is 21.5. The summed E-state index contributed by atoms with van der Waals surface area (Å²) in [5.41, 5.74) is -0.398. The first-order valence-corrected chi connectivity index (χ1v) is 6.75. The molecule has 2 N–H and O–H groups in total. The van der Waals surface area contributed by atoms with Crippen molar-refractivity contribution in [2.75, 3.05) is 10.6 Å². The van der Waals surface area contributed by atoms with Crippen LogP contribution >= 0.6 is 11.6 Å². The quantitative estimate of drug-likeness (QED) is 0.783. The topological polar surface area (TPSA) is 75.6 Å². The lowest BCUT2D eigenvalue weighted by Crippen LogP contribution is -2.34. The van der Waals surface area contributed by atoms with E-state index in [1.807, 2.05) is 0 Å². The maximum absolute atomic E-state index is 13.1. The summed E-state index contributed by atoms with van der Waals surface area (Å²) in [6.07, 6.45) is -5.04. The Morgan fingerprint density at radius 1 is 1.21 bits per heavy atom. The molecule has 2 aromatic heterocycles. The summed E-state index contributed by atoms with van der Waals surface area (Å²) in [5.74, 6) is -1.97. The number of pyridine rings is 1. The van der Waals surface area contributed by atoms with Crippen LogP contribution in [0, 0.1) is 0 Å². The fourth-order valence-corrected chi connectivity index (χ4v) is 1.58. The number of nitrogens with zero attached hydrogens (tertiary/aromatic N) is 4. The average Bonchev–Trinajstić information content (AvgIpc) is 2.54. The minimum atomic E-state index is -5.04. The second-order valence-corrected chi connectivity index (χ2v) is 4.89. The first-order valence-electron chi connectivity index (χ1n) is 9.87. The molecule has 0 unspecified atom stereocenters. The first kappa shape index (κ1) is 10.7. The van der Waals surface area contributed by atoms with E-state index in [4.69, 9.17) is 21.2 Å². The molecule has 130 valence electrons. The molecule has 24 heavy (non-hydrogen) atoms. The van der Waals surface area contributed by atoms with Gasteiger partial charge >= 0.3 is 6.18 Å². The third-order valence-electron chi connectivity index (χ3n) is 2.47. The second-order valence-electron chi connectivity index (χ2n) is 4.50. The van der Waals surface area contributed by atoms with Gasteiger partial charge < -0.3 is 10.6 Å². The van der Waals surface area contributed by atoms with E-state index in [0.717, 1.165) is 13.0 Å². The van der Waals surface area contributed by atoms with E-state index in [9.17, 15) is 13.2 Å². The number of nitrogens with one attached hydrogen (secondary N) is 2. The third-order valence-corrected chi connectivity index (χ3v) is 2.67. The van der Waals surface area contributed by atoms with Gasteiger partial charge in [-0.1, -0.05) is 17.6 Å². The standard InChI is InChI=1S/C14H16ClF3N6/c1-7(2)19-12-22-11(9-5-4-6-10(15)21-9)23-13(24-12)20-8(3)14(16,17)18/h4-8H,1-3H3,(H2,19,20,22,23,24)/t8-/m1/s1/i1D3,4D,5D,7D,8D/t7-,8-. The van der Waals surface area contributed by atoms with E-state index in [1.165, 1.54) is 0 Å². The van der Waals surface area contributed by atoms with Gasteiger partial charge in [-0.2, -0.15) is 28.1 Å². The van der Waals surface area contributed by atoms with Crippen LogP contribution in [0.25, 0.3) is 11.5 Å². The van der Waals surface area contributed by atoms with Crippen molar-refractivity contribution in [1.29, 1.82) is 0 Å². The zero-order valence-electron chi connectivity index (χ0n) is 19.4. The van der Waals surface area contributed by atoms with E-state index < -0.39 is 54.5 Å². The monoisotopic (exact) mass is 367 g/mol. The second kappa shape index (κ2) is 7.16. The van der Waals surface area contributed by atoms with Gasteiger partial charge in [0.05, 0.1) is 5.48 Å². The van der Waals surface area contributed by atoms with Crippen LogP contribution in [0.5, 0.6) is 0 Å². The van der Waals surface area contributed by atoms with Gasteiger partial charge in [-0.15, -0.1) is 0 Å². The minimum Gasteiger partial charge on any atom is -0.352 e. The van der Waals surface area contributed by atoms with Crippen LogP contribution in [-0.2, 0) is 0 Å². The van der Waals surface area contributed by atoms with Crippen LogP contribution in [0.15, 0.2) is 18.2 Å². The summed E-state index contributed by atoms with van der Waals surface area (Å²) in [5, 5.41) is 3.70. The van der Waals surface area contributed by atoms with Crippen LogP contribution in [-0.4, -0.2) is 38.1 Å². The van der Waals surface area contributed by atoms with Gasteiger partial charge in [0.15, 0.2) is 5.82 Å². The van der Waals surface area contributed by atoms with Crippen molar-refractivity contribution < 1.29 is 22.8 Å². The molecular formula is C14H16ClF3N6. The fraction of sp³-hybridized carbons (Fsp3) is 0.429. The highest BCUT2D eigenvalue weighted by Crippen LogP contribution is 2.24. The molecule has 10 heteroatoms. The lowest BCUT2D eigenvalue weighted by Gasteiger charge is -2.18. The summed E-state index contributed by atoms with van der Waals surface area (Å²) in [6, 6.07) is -5.45. The molecule has 0 saturated carbocycles. The minimum absolute atomic E-state index is 0.228. The van der Waals surface area contributed by atoms with Gasteiger partial charge in [0.25, 0.3) is 0 Å². The van der Waals surface area contributed by atoms with Gasteiger partial charge in [-0.25, -0.2) is 4.98 Å². The summed E-state index contributed by atoms with van der Waals surface area (Å²) in [6.45, 7) is -1.42. The number of aromatic nitrogens is 4. The molecule has 0 aliphatic carbocycles. The molecular weight excluding hydrogens is 345 g/mol. The largest absolute Gasteiger partial charge is 0.408 e. The van der Waals surface area contributed by atoms with Crippen LogP contribution in [0.1, 0.15) is 30.3 Å². The lowest BCUT2D eigenvalue weighted by molar-refractivity contribution is -0.138. The Morgan fingerprint density at radius 3 is 2.50 bits per heavy atom. The van der Waals surface area contributed by atoms with Crippen molar-refractivity contribution >= 4 is 23.5 Å². The Bertz CT molecular complexity index is 938. The summed E-state index contributed by atoms with van der Waals surface area (Å²) < 4.78 is 92.6. The molecule has 0 aromatic carbocycles. The molecule has 2 aromatic rings. The molecule has 2 rings (SSSR count). The fourth-order valence-electron chi connectivity index (χ4n) is 1.44. The highest BCUT2D eigenvalue weighted by atomic mass is 35.5. The van der Waals surface area contributed by atoms with E-state index in [-0.39, 0.29) is 11.2 Å². The molecule has 0 aliphatic heterocycles. The molecule has 0 saturated heterocycles. The number of halogens is 4. The summed E-state index contributed by atoms with van der Waals surface area (Å²) >= 11 is 5.78. The average molecular weight is 368 g/mol. The van der Waals surface area contributed by atoms with Crippen LogP contribution < -0.4 is 10.6 Å². The van der Waals surface area contributed by atoms with E-state index in [2.05, 4.69) is 25.3 Å². The van der Waals surface area contributed by atoms with Crippen LogP contribution in [0.4, 0.5) is 25.1 Å². The van der Waals surface area contributed by atoms with Crippen molar-refractivity contribution in [2.45, 2.75) is 38.9 Å². The molecule has 6 nitrogen and oxygen atoms in total. The van der Waals surface area contributed by atoms with Crippen molar-refractivity contribution in [3.63, 3.8) is 0 Å². The molecule has 0 aliphatic rings. The molecule has 0 radical (unpaired) electrons. The Labute approximate surface area is 151 Å². The van der Waals surface area contributed by atoms with E-state index >= 15 is 0 Å². The summed E-state index contributed by atoms with van der Waals surface area (Å²) in [7, 11) is 0. The Balaban J connectivity index is 2.66. The predicted octanol–water partition coefficient (Wildman–Crippen LogP) is 3.77. The smallest absolute Gasteiger partial charge is 0.352 e. The van der Waals surface area contributed by atoms with Crippen LogP contribution in [0.2, 0.25) is 5.15 Å². The Kier molecular flexibility index (Phi) is 3.18. The number of anilines is 2. The van der Waals surface area contributed by atoms with Gasteiger partial charge in [0.2, 0.25) is 11.9 Å². The predicted molar refractivity (Wildman–Crippen MR) is 86.0 cm³/mol. The molecule has 0 fully saturated rings. The van der Waals surface area contributed by atoms with Gasteiger partial charge in [-0.3, -0.25) is 0 Å². The molecule has 0 bridgehead atoms. The SMILES string of the molecule is [2H]c1cc(Cl)nc(-c2nc(N[C@]([2H])(C)C(F)(F)F)nc(N[C@@]([2H])(C)C([2H])([2H])[2H])n2)c1[2H]. The Morgan fingerprint density at radius 2 is 1.88 bits per heavy atom. The van der Waals surface area contributed by atoms with E-state index in [1.54, 1.807) is 5.32 Å². The summed E-state index contributed by atoms with van der Waals surface area (Å²) in [4.78, 5) is 15.0. The van der Waals surface area contributed by atoms with Gasteiger partial charge in [0.1, 0.15) is 16.9 Å². The van der Waals surface area contributed by atoms with Crippen LogP contribution in [0.3, 0.4) is 0 Å². The number of hydrogen-bond donors (Lipinski definition) is 2. The molecule has 0 spiro atoms. The zero-order chi connectivity index (χ0) is 24.0. The lowest BCUT2D eigenvalue weighted by atomic mass is 10.3. The zero-order valence-corrected chi connectivity index (χ0v) is 13.1. The van der Waals surface area contributed by atoms with E-state index in [0.29, 0.717) is 6.92 Å². The Hall–Kier alpha value is -2.16. The van der Waals surface area contributed by atoms with Crippen molar-refractivity contribution in [1.82, 2.24) is 19.9 Å². The molecule has 2 heterocycles. The van der Waals surface area contributed by atoms with Crippen molar-refractivity contribution in [3.05, 3.63) is 23.3 Å². The molecule has 2 atom stereocenters. The number of alkyl halides is 3. The number of hydrogen-bond acceptors (Lipinski definition) is 6. The molecule has 0 amide bonds. The maximum atomic E-state index is 13.1.